The van der Waals surface area contributed by atoms with Crippen molar-refractivity contribution in [3.05, 3.63) is 65.5 Å². The molecule has 1 aromatic carbocycles. The molecule has 1 N–H and O–H groups in total. The van der Waals surface area contributed by atoms with E-state index in [9.17, 15) is 4.79 Å². The molecule has 0 bridgehead atoms. The lowest BCUT2D eigenvalue weighted by Gasteiger charge is -2.08. The van der Waals surface area contributed by atoms with E-state index in [-0.39, 0.29) is 6.42 Å². The van der Waals surface area contributed by atoms with Crippen LogP contribution in [0.3, 0.4) is 0 Å². The normalized spacial score (nSPS) is 11.0. The Labute approximate surface area is 135 Å². The molecule has 23 heavy (non-hydrogen) atoms. The highest BCUT2D eigenvalue weighted by molar-refractivity contribution is 5.86. The van der Waals surface area contributed by atoms with E-state index in [2.05, 4.69) is 33.8 Å². The number of carboxylic acid groups (broad SMARTS) is 1. The predicted octanol–water partition coefficient (Wildman–Crippen LogP) is 3.60. The van der Waals surface area contributed by atoms with E-state index in [1.807, 2.05) is 25.1 Å². The fraction of sp³-hybridized carbons (Fsp3) is 0.263. The highest BCUT2D eigenvalue weighted by Crippen LogP contribution is 2.25. The molecule has 4 nitrogen and oxygen atoms in total. The lowest BCUT2D eigenvalue weighted by Crippen LogP contribution is -2.05. The number of aliphatic carboxylic acids is 1. The molecular weight excluding hydrogens is 288 g/mol. The van der Waals surface area contributed by atoms with Crippen molar-refractivity contribution < 1.29 is 9.90 Å². The summed E-state index contributed by atoms with van der Waals surface area (Å²) in [6.07, 6.45) is 3.80. The van der Waals surface area contributed by atoms with Crippen LogP contribution in [-0.2, 0) is 24.2 Å². The van der Waals surface area contributed by atoms with Crippen molar-refractivity contribution >= 4 is 17.0 Å². The Bertz CT molecular complexity index is 822. The third-order valence-electron chi connectivity index (χ3n) is 4.23. The standard InChI is InChI=1S/C19H20N2O2/c1-14-17(13-18(22)23)16-10-5-11-20-19(16)21(14)12-6-9-15-7-3-2-4-8-15/h2-5,7-8,10-11H,6,9,12-13H2,1H3,(H,22,23). The van der Waals surface area contributed by atoms with E-state index < -0.39 is 5.97 Å². The molecular formula is C19H20N2O2. The largest absolute Gasteiger partial charge is 0.481 e. The summed E-state index contributed by atoms with van der Waals surface area (Å²) in [5, 5.41) is 10.1. The van der Waals surface area contributed by atoms with Crippen molar-refractivity contribution in [3.8, 4) is 0 Å². The maximum atomic E-state index is 11.1. The fourth-order valence-electron chi connectivity index (χ4n) is 3.10. The van der Waals surface area contributed by atoms with Crippen molar-refractivity contribution in [2.75, 3.05) is 0 Å². The minimum Gasteiger partial charge on any atom is -0.481 e. The molecule has 0 amide bonds. The van der Waals surface area contributed by atoms with Crippen molar-refractivity contribution in [3.63, 3.8) is 0 Å². The lowest BCUT2D eigenvalue weighted by molar-refractivity contribution is -0.136. The number of aryl methyl sites for hydroxylation is 2. The summed E-state index contributed by atoms with van der Waals surface area (Å²) in [7, 11) is 0. The second kappa shape index (κ2) is 6.65. The third-order valence-corrected chi connectivity index (χ3v) is 4.23. The number of fused-ring (bicyclic) bond motifs is 1. The van der Waals surface area contributed by atoms with E-state index >= 15 is 0 Å². The third kappa shape index (κ3) is 3.26. The van der Waals surface area contributed by atoms with Gasteiger partial charge in [-0.3, -0.25) is 4.79 Å². The van der Waals surface area contributed by atoms with Crippen molar-refractivity contribution in [1.29, 1.82) is 0 Å². The molecule has 0 aliphatic heterocycles. The van der Waals surface area contributed by atoms with Crippen LogP contribution < -0.4 is 0 Å². The maximum absolute atomic E-state index is 11.1. The van der Waals surface area contributed by atoms with Crippen LogP contribution >= 0.6 is 0 Å². The van der Waals surface area contributed by atoms with Gasteiger partial charge in [-0.1, -0.05) is 30.3 Å². The van der Waals surface area contributed by atoms with Gasteiger partial charge in [-0.15, -0.1) is 0 Å². The zero-order valence-electron chi connectivity index (χ0n) is 13.2. The zero-order valence-corrected chi connectivity index (χ0v) is 13.2. The van der Waals surface area contributed by atoms with Gasteiger partial charge < -0.3 is 9.67 Å². The Balaban J connectivity index is 1.85. The molecule has 0 unspecified atom stereocenters. The molecule has 0 saturated carbocycles. The van der Waals surface area contributed by atoms with Gasteiger partial charge >= 0.3 is 5.97 Å². The first-order valence-corrected chi connectivity index (χ1v) is 7.85. The summed E-state index contributed by atoms with van der Waals surface area (Å²) in [6, 6.07) is 14.2. The molecule has 0 saturated heterocycles. The summed E-state index contributed by atoms with van der Waals surface area (Å²) in [5.74, 6) is -0.805. The van der Waals surface area contributed by atoms with Crippen LogP contribution in [0.5, 0.6) is 0 Å². The van der Waals surface area contributed by atoms with Gasteiger partial charge in [0.2, 0.25) is 0 Å². The number of rotatable bonds is 6. The van der Waals surface area contributed by atoms with E-state index in [4.69, 9.17) is 5.11 Å². The molecule has 0 aliphatic carbocycles. The maximum Gasteiger partial charge on any atom is 0.307 e. The van der Waals surface area contributed by atoms with Crippen LogP contribution in [0.2, 0.25) is 0 Å². The molecule has 0 radical (unpaired) electrons. The summed E-state index contributed by atoms with van der Waals surface area (Å²) in [4.78, 5) is 15.6. The molecule has 0 atom stereocenters. The average molecular weight is 308 g/mol. The second-order valence-corrected chi connectivity index (χ2v) is 5.75. The summed E-state index contributed by atoms with van der Waals surface area (Å²) in [5.41, 5.74) is 4.09. The van der Waals surface area contributed by atoms with E-state index in [1.54, 1.807) is 6.20 Å². The monoisotopic (exact) mass is 308 g/mol. The zero-order chi connectivity index (χ0) is 16.2. The quantitative estimate of drug-likeness (QED) is 0.757. The van der Waals surface area contributed by atoms with Crippen LogP contribution in [0.1, 0.15) is 23.2 Å². The molecule has 0 spiro atoms. The molecule has 0 aliphatic rings. The minimum atomic E-state index is -0.805. The molecule has 118 valence electrons. The first-order valence-electron chi connectivity index (χ1n) is 7.85. The Morgan fingerprint density at radius 2 is 1.96 bits per heavy atom. The Hall–Kier alpha value is -2.62. The number of carboxylic acids is 1. The highest BCUT2D eigenvalue weighted by Gasteiger charge is 2.16. The Morgan fingerprint density at radius 1 is 1.17 bits per heavy atom. The van der Waals surface area contributed by atoms with Crippen LogP contribution in [0.15, 0.2) is 48.7 Å². The minimum absolute atomic E-state index is 0.0414. The number of aromatic nitrogens is 2. The predicted molar refractivity (Wildman–Crippen MR) is 90.6 cm³/mol. The smallest absolute Gasteiger partial charge is 0.307 e. The fourth-order valence-corrected chi connectivity index (χ4v) is 3.10. The van der Waals surface area contributed by atoms with E-state index in [0.29, 0.717) is 0 Å². The first kappa shape index (κ1) is 15.3. The first-order chi connectivity index (χ1) is 11.2. The number of benzene rings is 1. The average Bonchev–Trinajstić information content (AvgIpc) is 2.81. The molecule has 4 heteroatoms. The van der Waals surface area contributed by atoms with Crippen LogP contribution in [0, 0.1) is 6.92 Å². The van der Waals surface area contributed by atoms with Gasteiger partial charge in [0.05, 0.1) is 6.42 Å². The van der Waals surface area contributed by atoms with Gasteiger partial charge in [-0.05, 0) is 43.0 Å². The number of nitrogens with zero attached hydrogens (tertiary/aromatic N) is 2. The number of pyridine rings is 1. The number of hydrogen-bond donors (Lipinski definition) is 1. The summed E-state index contributed by atoms with van der Waals surface area (Å²) >= 11 is 0. The number of carbonyl (C=O) groups is 1. The van der Waals surface area contributed by atoms with Crippen LogP contribution in [0.25, 0.3) is 11.0 Å². The molecule has 2 heterocycles. The highest BCUT2D eigenvalue weighted by atomic mass is 16.4. The second-order valence-electron chi connectivity index (χ2n) is 5.75. The molecule has 3 aromatic rings. The van der Waals surface area contributed by atoms with Gasteiger partial charge in [0.1, 0.15) is 5.65 Å². The summed E-state index contributed by atoms with van der Waals surface area (Å²) < 4.78 is 2.15. The van der Waals surface area contributed by atoms with Gasteiger partial charge in [-0.2, -0.15) is 0 Å². The van der Waals surface area contributed by atoms with Gasteiger partial charge in [0, 0.05) is 23.8 Å². The number of hydrogen-bond acceptors (Lipinski definition) is 2. The SMILES string of the molecule is Cc1c(CC(=O)O)c2cccnc2n1CCCc1ccccc1. The lowest BCUT2D eigenvalue weighted by atomic mass is 10.1. The van der Waals surface area contributed by atoms with Crippen molar-refractivity contribution in [2.24, 2.45) is 0 Å². The van der Waals surface area contributed by atoms with Crippen LogP contribution in [0.4, 0.5) is 0 Å². The van der Waals surface area contributed by atoms with Crippen LogP contribution in [-0.4, -0.2) is 20.6 Å². The molecule has 2 aromatic heterocycles. The van der Waals surface area contributed by atoms with Gasteiger partial charge in [0.15, 0.2) is 0 Å². The van der Waals surface area contributed by atoms with E-state index in [1.165, 1.54) is 5.56 Å². The Morgan fingerprint density at radius 3 is 2.70 bits per heavy atom. The molecule has 3 rings (SSSR count). The topological polar surface area (TPSA) is 55.1 Å². The van der Waals surface area contributed by atoms with Crippen molar-refractivity contribution in [2.45, 2.75) is 32.7 Å². The van der Waals surface area contributed by atoms with Crippen molar-refractivity contribution in [1.82, 2.24) is 9.55 Å². The summed E-state index contributed by atoms with van der Waals surface area (Å²) in [6.45, 7) is 2.83. The molecule has 0 fully saturated rings. The van der Waals surface area contributed by atoms with Gasteiger partial charge in [-0.25, -0.2) is 4.98 Å². The van der Waals surface area contributed by atoms with Gasteiger partial charge in [0.25, 0.3) is 0 Å². The Kier molecular flexibility index (Phi) is 4.42. The van der Waals surface area contributed by atoms with E-state index in [0.717, 1.165) is 41.7 Å².